The molecule has 0 fully saturated rings. The zero-order valence-corrected chi connectivity index (χ0v) is 31.4. The lowest BCUT2D eigenvalue weighted by Gasteiger charge is -2.23. The van der Waals surface area contributed by atoms with Crippen molar-refractivity contribution in [3.8, 4) is 56.4 Å². The predicted molar refractivity (Wildman–Crippen MR) is 236 cm³/mol. The number of rotatable bonds is 8. The third kappa shape index (κ3) is 7.18. The first-order valence-corrected chi connectivity index (χ1v) is 19.4. The molecule has 274 valence electrons. The molecule has 8 aromatic carbocycles. The molecule has 0 amide bonds. The Bertz CT molecular complexity index is 2870. The molecule has 6 nitrogen and oxygen atoms in total. The van der Waals surface area contributed by atoms with Crippen molar-refractivity contribution in [1.29, 1.82) is 0 Å². The molecule has 1 unspecified atom stereocenters. The van der Waals surface area contributed by atoms with E-state index in [4.69, 9.17) is 24.9 Å². The van der Waals surface area contributed by atoms with Gasteiger partial charge in [-0.15, -0.1) is 0 Å². The van der Waals surface area contributed by atoms with Gasteiger partial charge in [0.1, 0.15) is 12.0 Å². The number of aromatic nitrogens is 3. The lowest BCUT2D eigenvalue weighted by atomic mass is 9.97. The minimum atomic E-state index is -0.233. The standard InChI is InChI=1S/C52H36N6/c1-5-13-37(14-6-1)47-53-48(38-15-7-2-8-16-38)56-51(55-47)41-25-21-35(22-26-41)43-29-31-46-34-44(30-32-45(46)33-43)36-23-27-42(28-24-36)52-57-49(39-17-9-3-10-18-39)54-50(58-52)40-19-11-4-12-20-40/h1-34,47H,(H,53,55,56). The van der Waals surface area contributed by atoms with Gasteiger partial charge in [-0.3, -0.25) is 0 Å². The van der Waals surface area contributed by atoms with E-state index in [9.17, 15) is 0 Å². The summed E-state index contributed by atoms with van der Waals surface area (Å²) in [4.78, 5) is 24.6. The molecule has 1 aliphatic rings. The minimum Gasteiger partial charge on any atom is -0.344 e. The average Bonchev–Trinajstić information content (AvgIpc) is 3.32. The fourth-order valence-electron chi connectivity index (χ4n) is 7.29. The van der Waals surface area contributed by atoms with E-state index in [-0.39, 0.29) is 6.17 Å². The number of aliphatic imine (C=N–C) groups is 2. The van der Waals surface area contributed by atoms with Crippen molar-refractivity contribution < 1.29 is 0 Å². The van der Waals surface area contributed by atoms with Crippen LogP contribution in [-0.4, -0.2) is 26.6 Å². The van der Waals surface area contributed by atoms with Crippen molar-refractivity contribution >= 4 is 22.4 Å². The van der Waals surface area contributed by atoms with Gasteiger partial charge in [0.15, 0.2) is 23.3 Å². The van der Waals surface area contributed by atoms with Crippen LogP contribution < -0.4 is 5.32 Å². The molecule has 10 rings (SSSR count). The molecular weight excluding hydrogens is 709 g/mol. The second kappa shape index (κ2) is 15.4. The summed E-state index contributed by atoms with van der Waals surface area (Å²) in [6.45, 7) is 0. The number of fused-ring (bicyclic) bond motifs is 1. The SMILES string of the molecule is c1ccc(C2=NC(c3ccccc3)NC(c3ccc(-c4ccc5cc(-c6ccc(-c7nc(-c8ccccc8)nc(-c8ccccc8)n7)cc6)ccc5c4)cc3)=N2)cc1. The van der Waals surface area contributed by atoms with Gasteiger partial charge in [-0.25, -0.2) is 24.9 Å². The van der Waals surface area contributed by atoms with Gasteiger partial charge in [0, 0.05) is 27.8 Å². The molecule has 6 heteroatoms. The Kier molecular flexibility index (Phi) is 9.18. The Morgan fingerprint density at radius 2 is 0.707 bits per heavy atom. The van der Waals surface area contributed by atoms with E-state index < -0.39 is 0 Å². The maximum atomic E-state index is 4.97. The summed E-state index contributed by atoms with van der Waals surface area (Å²) in [5.74, 6) is 3.46. The van der Waals surface area contributed by atoms with Crippen LogP contribution in [0.4, 0.5) is 0 Å². The summed E-state index contributed by atoms with van der Waals surface area (Å²) in [6.07, 6.45) is -0.233. The van der Waals surface area contributed by atoms with Gasteiger partial charge < -0.3 is 5.32 Å². The summed E-state index contributed by atoms with van der Waals surface area (Å²) in [5.41, 5.74) is 10.5. The summed E-state index contributed by atoms with van der Waals surface area (Å²) in [7, 11) is 0. The van der Waals surface area contributed by atoms with Gasteiger partial charge in [0.2, 0.25) is 0 Å². The number of nitrogens with zero attached hydrogens (tertiary/aromatic N) is 5. The highest BCUT2D eigenvalue weighted by Gasteiger charge is 2.21. The van der Waals surface area contributed by atoms with E-state index >= 15 is 0 Å². The number of hydrogen-bond donors (Lipinski definition) is 1. The van der Waals surface area contributed by atoms with E-state index in [2.05, 4.69) is 115 Å². The molecule has 0 saturated carbocycles. The second-order valence-corrected chi connectivity index (χ2v) is 14.2. The fourth-order valence-corrected chi connectivity index (χ4v) is 7.29. The van der Waals surface area contributed by atoms with Gasteiger partial charge >= 0.3 is 0 Å². The minimum absolute atomic E-state index is 0.233. The van der Waals surface area contributed by atoms with E-state index in [0.29, 0.717) is 17.5 Å². The summed E-state index contributed by atoms with van der Waals surface area (Å²) in [5, 5.41) is 5.93. The van der Waals surface area contributed by atoms with E-state index in [1.54, 1.807) is 0 Å². The molecule has 0 radical (unpaired) electrons. The molecule has 9 aromatic rings. The van der Waals surface area contributed by atoms with Crippen LogP contribution in [0, 0.1) is 0 Å². The Hall–Kier alpha value is -7.83. The van der Waals surface area contributed by atoms with Crippen molar-refractivity contribution in [2.75, 3.05) is 0 Å². The highest BCUT2D eigenvalue weighted by atomic mass is 15.2. The Labute approximate surface area is 337 Å². The monoisotopic (exact) mass is 744 g/mol. The van der Waals surface area contributed by atoms with Crippen molar-refractivity contribution in [3.05, 3.63) is 223 Å². The normalized spacial score (nSPS) is 13.7. The highest BCUT2D eigenvalue weighted by Crippen LogP contribution is 2.31. The van der Waals surface area contributed by atoms with Crippen LogP contribution in [0.5, 0.6) is 0 Å². The van der Waals surface area contributed by atoms with Crippen LogP contribution in [0.15, 0.2) is 216 Å². The van der Waals surface area contributed by atoms with Crippen molar-refractivity contribution in [2.24, 2.45) is 9.98 Å². The maximum absolute atomic E-state index is 4.97. The van der Waals surface area contributed by atoms with Gasteiger partial charge in [0.05, 0.1) is 0 Å². The molecule has 0 aliphatic carbocycles. The third-order valence-corrected chi connectivity index (χ3v) is 10.4. The molecule has 58 heavy (non-hydrogen) atoms. The third-order valence-electron chi connectivity index (χ3n) is 10.4. The molecule has 1 aliphatic heterocycles. The van der Waals surface area contributed by atoms with Crippen LogP contribution >= 0.6 is 0 Å². The topological polar surface area (TPSA) is 75.4 Å². The van der Waals surface area contributed by atoms with Crippen LogP contribution in [0.3, 0.4) is 0 Å². The smallest absolute Gasteiger partial charge is 0.164 e. The Morgan fingerprint density at radius 1 is 0.328 bits per heavy atom. The van der Waals surface area contributed by atoms with Crippen LogP contribution in [0.1, 0.15) is 22.9 Å². The summed E-state index contributed by atoms with van der Waals surface area (Å²) in [6, 6.07) is 70.9. The number of nitrogens with one attached hydrogen (secondary N) is 1. The number of amidine groups is 2. The molecule has 1 aromatic heterocycles. The molecular formula is C52H36N6. The van der Waals surface area contributed by atoms with Crippen LogP contribution in [-0.2, 0) is 0 Å². The zero-order valence-electron chi connectivity index (χ0n) is 31.4. The average molecular weight is 745 g/mol. The summed E-state index contributed by atoms with van der Waals surface area (Å²) >= 11 is 0. The van der Waals surface area contributed by atoms with Crippen LogP contribution in [0.25, 0.3) is 67.2 Å². The Balaban J connectivity index is 0.897. The predicted octanol–water partition coefficient (Wildman–Crippen LogP) is 11.9. The zero-order chi connectivity index (χ0) is 38.7. The van der Waals surface area contributed by atoms with Gasteiger partial charge in [-0.2, -0.15) is 0 Å². The molecule has 2 heterocycles. The number of hydrogen-bond acceptors (Lipinski definition) is 6. The van der Waals surface area contributed by atoms with Crippen molar-refractivity contribution in [2.45, 2.75) is 6.17 Å². The Morgan fingerprint density at radius 3 is 1.19 bits per heavy atom. The van der Waals surface area contributed by atoms with Crippen molar-refractivity contribution in [1.82, 2.24) is 20.3 Å². The first kappa shape index (κ1) is 34.6. The highest BCUT2D eigenvalue weighted by molar-refractivity contribution is 6.13. The van der Waals surface area contributed by atoms with Gasteiger partial charge in [-0.05, 0) is 50.7 Å². The number of benzene rings is 8. The van der Waals surface area contributed by atoms with E-state index in [0.717, 1.165) is 67.3 Å². The van der Waals surface area contributed by atoms with Crippen molar-refractivity contribution in [3.63, 3.8) is 0 Å². The first-order valence-electron chi connectivity index (χ1n) is 19.4. The quantitative estimate of drug-likeness (QED) is 0.168. The molecule has 1 atom stereocenters. The molecule has 1 N–H and O–H groups in total. The van der Waals surface area contributed by atoms with Crippen LogP contribution in [0.2, 0.25) is 0 Å². The molecule has 0 bridgehead atoms. The van der Waals surface area contributed by atoms with Gasteiger partial charge in [-0.1, -0.05) is 194 Å². The molecule has 0 spiro atoms. The second-order valence-electron chi connectivity index (χ2n) is 14.2. The van der Waals surface area contributed by atoms with E-state index in [1.807, 2.05) is 97.1 Å². The van der Waals surface area contributed by atoms with E-state index in [1.165, 1.54) is 10.8 Å². The lowest BCUT2D eigenvalue weighted by Crippen LogP contribution is -2.33. The largest absolute Gasteiger partial charge is 0.344 e. The lowest BCUT2D eigenvalue weighted by molar-refractivity contribution is 0.674. The first-order chi connectivity index (χ1) is 28.7. The maximum Gasteiger partial charge on any atom is 0.164 e. The van der Waals surface area contributed by atoms with Gasteiger partial charge in [0.25, 0.3) is 0 Å². The molecule has 0 saturated heterocycles. The fraction of sp³-hybridized carbons (Fsp3) is 0.0192. The summed E-state index contributed by atoms with van der Waals surface area (Å²) < 4.78 is 0.